The largest absolute Gasteiger partial charge is 0.452 e. The Morgan fingerprint density at radius 2 is 1.67 bits per heavy atom. The van der Waals surface area contributed by atoms with Crippen LogP contribution in [0.3, 0.4) is 0 Å². The van der Waals surface area contributed by atoms with Crippen LogP contribution in [0.5, 0.6) is 0 Å². The van der Waals surface area contributed by atoms with Gasteiger partial charge in [0.25, 0.3) is 5.91 Å². The number of hydrogen-bond acceptors (Lipinski definition) is 4. The Hall–Kier alpha value is -3.15. The van der Waals surface area contributed by atoms with Crippen molar-refractivity contribution >= 4 is 29.2 Å². The monoisotopic (exact) mass is 366 g/mol. The predicted octanol–water partition coefficient (Wildman–Crippen LogP) is 3.45. The topological polar surface area (TPSA) is 84.5 Å². The van der Waals surface area contributed by atoms with Gasteiger partial charge in [0.2, 0.25) is 5.91 Å². The quantitative estimate of drug-likeness (QED) is 0.767. The smallest absolute Gasteiger partial charge is 0.338 e. The number of carbonyl (C=O) groups is 3. The fraction of sp³-hybridized carbons (Fsp3) is 0.286. The maximum absolute atomic E-state index is 12.2. The van der Waals surface area contributed by atoms with E-state index in [4.69, 9.17) is 4.74 Å². The van der Waals surface area contributed by atoms with E-state index in [0.717, 1.165) is 29.7 Å². The highest BCUT2D eigenvalue weighted by atomic mass is 16.5. The standard InChI is InChI=1S/C21H22N2O4/c1-13-5-3-6-14(2)19(13)23-18(24)12-27-21(26)16-7-4-8-17(11-16)22-20(25)15-9-10-15/h3-8,11,15H,9-10,12H2,1-2H3,(H,22,25)(H,23,24). The summed E-state index contributed by atoms with van der Waals surface area (Å²) < 4.78 is 5.10. The number of ether oxygens (including phenoxy) is 1. The van der Waals surface area contributed by atoms with Gasteiger partial charge < -0.3 is 15.4 Å². The molecule has 27 heavy (non-hydrogen) atoms. The first-order chi connectivity index (χ1) is 12.9. The van der Waals surface area contributed by atoms with Gasteiger partial charge in [-0.25, -0.2) is 4.79 Å². The third-order valence-electron chi connectivity index (χ3n) is 4.39. The second kappa shape index (κ2) is 8.03. The first kappa shape index (κ1) is 18.6. The van der Waals surface area contributed by atoms with Gasteiger partial charge in [-0.1, -0.05) is 24.3 Å². The number of esters is 1. The van der Waals surface area contributed by atoms with Crippen LogP contribution >= 0.6 is 0 Å². The number of carbonyl (C=O) groups excluding carboxylic acids is 3. The molecule has 1 fully saturated rings. The van der Waals surface area contributed by atoms with Crippen LogP contribution in [0.25, 0.3) is 0 Å². The van der Waals surface area contributed by atoms with Gasteiger partial charge >= 0.3 is 5.97 Å². The Bertz CT molecular complexity index is 867. The van der Waals surface area contributed by atoms with Crippen molar-refractivity contribution in [3.05, 3.63) is 59.2 Å². The minimum Gasteiger partial charge on any atom is -0.452 e. The Morgan fingerprint density at radius 3 is 2.33 bits per heavy atom. The van der Waals surface area contributed by atoms with E-state index in [2.05, 4.69) is 10.6 Å². The number of amides is 2. The zero-order valence-electron chi connectivity index (χ0n) is 15.4. The summed E-state index contributed by atoms with van der Waals surface area (Å²) in [6, 6.07) is 12.2. The van der Waals surface area contributed by atoms with E-state index in [1.807, 2.05) is 32.0 Å². The average Bonchev–Trinajstić information content (AvgIpc) is 3.48. The first-order valence-corrected chi connectivity index (χ1v) is 8.88. The second-order valence-electron chi connectivity index (χ2n) is 6.74. The lowest BCUT2D eigenvalue weighted by Crippen LogP contribution is -2.22. The van der Waals surface area contributed by atoms with Crippen LogP contribution < -0.4 is 10.6 Å². The van der Waals surface area contributed by atoms with Gasteiger partial charge in [0.1, 0.15) is 0 Å². The molecule has 0 aliphatic heterocycles. The van der Waals surface area contributed by atoms with Crippen LogP contribution in [-0.2, 0) is 14.3 Å². The van der Waals surface area contributed by atoms with E-state index in [9.17, 15) is 14.4 Å². The summed E-state index contributed by atoms with van der Waals surface area (Å²) in [5, 5.41) is 5.55. The molecule has 6 nitrogen and oxygen atoms in total. The van der Waals surface area contributed by atoms with Crippen LogP contribution in [-0.4, -0.2) is 24.4 Å². The van der Waals surface area contributed by atoms with Gasteiger partial charge in [-0.2, -0.15) is 0 Å². The summed E-state index contributed by atoms with van der Waals surface area (Å²) in [7, 11) is 0. The number of aryl methyl sites for hydroxylation is 2. The zero-order valence-corrected chi connectivity index (χ0v) is 15.4. The van der Waals surface area contributed by atoms with Gasteiger partial charge in [-0.05, 0) is 56.0 Å². The highest BCUT2D eigenvalue weighted by Crippen LogP contribution is 2.30. The third-order valence-corrected chi connectivity index (χ3v) is 4.39. The Balaban J connectivity index is 1.55. The maximum Gasteiger partial charge on any atom is 0.338 e. The lowest BCUT2D eigenvalue weighted by molar-refractivity contribution is -0.119. The molecule has 0 spiro atoms. The van der Waals surface area contributed by atoms with Crippen molar-refractivity contribution in [3.8, 4) is 0 Å². The van der Waals surface area contributed by atoms with Crippen molar-refractivity contribution in [1.29, 1.82) is 0 Å². The summed E-state index contributed by atoms with van der Waals surface area (Å²) in [5.41, 5.74) is 3.43. The molecule has 2 N–H and O–H groups in total. The van der Waals surface area contributed by atoms with Crippen molar-refractivity contribution in [3.63, 3.8) is 0 Å². The molecule has 0 bridgehead atoms. The Morgan fingerprint density at radius 1 is 1.00 bits per heavy atom. The van der Waals surface area contributed by atoms with Crippen LogP contribution in [0.4, 0.5) is 11.4 Å². The molecule has 0 saturated heterocycles. The fourth-order valence-electron chi connectivity index (χ4n) is 2.72. The van der Waals surface area contributed by atoms with Gasteiger partial charge in [0.15, 0.2) is 6.61 Å². The molecule has 6 heteroatoms. The molecule has 0 radical (unpaired) electrons. The van der Waals surface area contributed by atoms with Crippen molar-refractivity contribution in [2.24, 2.45) is 5.92 Å². The molecular formula is C21H22N2O4. The Kier molecular flexibility index (Phi) is 5.54. The van der Waals surface area contributed by atoms with Crippen LogP contribution in [0.1, 0.15) is 34.3 Å². The molecule has 2 aromatic rings. The van der Waals surface area contributed by atoms with Crippen LogP contribution in [0.15, 0.2) is 42.5 Å². The molecule has 1 aliphatic carbocycles. The third kappa shape index (κ3) is 4.94. The second-order valence-corrected chi connectivity index (χ2v) is 6.74. The molecule has 1 saturated carbocycles. The molecule has 0 atom stereocenters. The predicted molar refractivity (Wildman–Crippen MR) is 103 cm³/mol. The summed E-state index contributed by atoms with van der Waals surface area (Å²) in [5.74, 6) is -0.976. The highest BCUT2D eigenvalue weighted by molar-refractivity contribution is 5.98. The summed E-state index contributed by atoms with van der Waals surface area (Å²) in [6.45, 7) is 3.41. The van der Waals surface area contributed by atoms with Gasteiger partial charge in [-0.3, -0.25) is 9.59 Å². The average molecular weight is 366 g/mol. The zero-order chi connectivity index (χ0) is 19.4. The normalized spacial score (nSPS) is 13.0. The molecule has 0 aromatic heterocycles. The number of hydrogen-bond donors (Lipinski definition) is 2. The Labute approximate surface area is 157 Å². The number of rotatable bonds is 6. The summed E-state index contributed by atoms with van der Waals surface area (Å²) >= 11 is 0. The minimum absolute atomic E-state index is 0.0338. The van der Waals surface area contributed by atoms with E-state index in [0.29, 0.717) is 5.69 Å². The van der Waals surface area contributed by atoms with Gasteiger partial charge in [0, 0.05) is 17.3 Å². The van der Waals surface area contributed by atoms with Gasteiger partial charge in [-0.15, -0.1) is 0 Å². The maximum atomic E-state index is 12.2. The van der Waals surface area contributed by atoms with Crippen LogP contribution in [0.2, 0.25) is 0 Å². The number of anilines is 2. The fourth-order valence-corrected chi connectivity index (χ4v) is 2.72. The number of nitrogens with one attached hydrogen (secondary N) is 2. The van der Waals surface area contributed by atoms with Crippen LogP contribution in [0, 0.1) is 19.8 Å². The number of para-hydroxylation sites is 1. The molecule has 0 heterocycles. The summed E-state index contributed by atoms with van der Waals surface area (Å²) in [6.07, 6.45) is 1.81. The first-order valence-electron chi connectivity index (χ1n) is 8.88. The van der Waals surface area contributed by atoms with Gasteiger partial charge in [0.05, 0.1) is 5.56 Å². The van der Waals surface area contributed by atoms with E-state index in [-0.39, 0.29) is 24.0 Å². The van der Waals surface area contributed by atoms with E-state index in [1.54, 1.807) is 24.3 Å². The minimum atomic E-state index is -0.617. The summed E-state index contributed by atoms with van der Waals surface area (Å²) in [4.78, 5) is 36.1. The molecule has 3 rings (SSSR count). The van der Waals surface area contributed by atoms with Crippen molar-refractivity contribution in [2.75, 3.05) is 17.2 Å². The van der Waals surface area contributed by atoms with E-state index >= 15 is 0 Å². The molecule has 2 aromatic carbocycles. The molecule has 1 aliphatic rings. The molecular weight excluding hydrogens is 344 g/mol. The SMILES string of the molecule is Cc1cccc(C)c1NC(=O)COC(=O)c1cccc(NC(=O)C2CC2)c1. The van der Waals surface area contributed by atoms with E-state index in [1.165, 1.54) is 0 Å². The highest BCUT2D eigenvalue weighted by Gasteiger charge is 2.29. The van der Waals surface area contributed by atoms with Crippen molar-refractivity contribution in [2.45, 2.75) is 26.7 Å². The van der Waals surface area contributed by atoms with Crippen molar-refractivity contribution in [1.82, 2.24) is 0 Å². The molecule has 2 amide bonds. The van der Waals surface area contributed by atoms with Crippen molar-refractivity contribution < 1.29 is 19.1 Å². The van der Waals surface area contributed by atoms with E-state index < -0.39 is 11.9 Å². The molecule has 140 valence electrons. The lowest BCUT2D eigenvalue weighted by Gasteiger charge is -2.12. The number of benzene rings is 2. The lowest BCUT2D eigenvalue weighted by atomic mass is 10.1. The molecule has 0 unspecified atom stereocenters.